The Bertz CT molecular complexity index is 488. The van der Waals surface area contributed by atoms with Crippen molar-refractivity contribution < 1.29 is 14.3 Å². The topological polar surface area (TPSA) is 35.5 Å². The number of benzene rings is 1. The van der Waals surface area contributed by atoms with Gasteiger partial charge in [0.05, 0.1) is 13.5 Å². The van der Waals surface area contributed by atoms with Crippen LogP contribution < -0.4 is 4.74 Å². The lowest BCUT2D eigenvalue weighted by Gasteiger charge is -2.05. The molecule has 0 N–H and O–H groups in total. The largest absolute Gasteiger partial charge is 0.497 e. The number of carbonyl (C=O) groups excluding carboxylic acids is 1. The van der Waals surface area contributed by atoms with Crippen LogP contribution in [0, 0.1) is 0 Å². The van der Waals surface area contributed by atoms with E-state index in [-0.39, 0.29) is 5.97 Å². The molecule has 0 bridgehead atoms. The van der Waals surface area contributed by atoms with Crippen molar-refractivity contribution in [3.8, 4) is 5.75 Å². The highest BCUT2D eigenvalue weighted by Gasteiger charge is 2.05. The number of thiophene rings is 1. The maximum atomic E-state index is 11.6. The van der Waals surface area contributed by atoms with Crippen molar-refractivity contribution in [2.45, 2.75) is 13.0 Å². The van der Waals surface area contributed by atoms with Gasteiger partial charge >= 0.3 is 5.97 Å². The molecule has 18 heavy (non-hydrogen) atoms. The minimum absolute atomic E-state index is 0.201. The van der Waals surface area contributed by atoms with Crippen molar-refractivity contribution in [1.82, 2.24) is 0 Å². The molecule has 4 heteroatoms. The van der Waals surface area contributed by atoms with Gasteiger partial charge < -0.3 is 9.47 Å². The van der Waals surface area contributed by atoms with Gasteiger partial charge in [-0.3, -0.25) is 4.79 Å². The number of ether oxygens (including phenoxy) is 2. The van der Waals surface area contributed by atoms with Crippen molar-refractivity contribution >= 4 is 17.3 Å². The predicted molar refractivity (Wildman–Crippen MR) is 70.8 cm³/mol. The fourth-order valence-electron chi connectivity index (χ4n) is 1.49. The predicted octanol–water partition coefficient (Wildman–Crippen LogP) is 3.04. The molecule has 0 atom stereocenters. The van der Waals surface area contributed by atoms with E-state index in [1.165, 1.54) is 0 Å². The molecule has 3 nitrogen and oxygen atoms in total. The van der Waals surface area contributed by atoms with E-state index < -0.39 is 0 Å². The molecule has 1 heterocycles. The van der Waals surface area contributed by atoms with Gasteiger partial charge in [-0.05, 0) is 29.1 Å². The Labute approximate surface area is 110 Å². The van der Waals surface area contributed by atoms with Gasteiger partial charge in [0.15, 0.2) is 0 Å². The van der Waals surface area contributed by atoms with Crippen LogP contribution in [0.1, 0.15) is 10.4 Å². The Morgan fingerprint density at radius 3 is 2.61 bits per heavy atom. The quantitative estimate of drug-likeness (QED) is 0.777. The molecule has 0 saturated heterocycles. The molecule has 0 saturated carbocycles. The van der Waals surface area contributed by atoms with Gasteiger partial charge in [-0.1, -0.05) is 18.2 Å². The third-order valence-corrected chi connectivity index (χ3v) is 3.33. The van der Waals surface area contributed by atoms with Crippen LogP contribution >= 0.6 is 11.3 Å². The molecule has 0 unspecified atom stereocenters. The molecule has 2 rings (SSSR count). The lowest BCUT2D eigenvalue weighted by molar-refractivity contribution is -0.144. The fourth-order valence-corrected chi connectivity index (χ4v) is 2.18. The number of hydrogen-bond donors (Lipinski definition) is 0. The summed E-state index contributed by atoms with van der Waals surface area (Å²) >= 11 is 1.56. The smallest absolute Gasteiger partial charge is 0.311 e. The molecule has 0 radical (unpaired) electrons. The first kappa shape index (κ1) is 12.6. The maximum Gasteiger partial charge on any atom is 0.311 e. The number of esters is 1. The summed E-state index contributed by atoms with van der Waals surface area (Å²) in [5.41, 5.74) is 0.954. The van der Waals surface area contributed by atoms with Gasteiger partial charge in [0.2, 0.25) is 0 Å². The second kappa shape index (κ2) is 6.21. The Kier molecular flexibility index (Phi) is 4.36. The fraction of sp³-hybridized carbons (Fsp3) is 0.214. The highest BCUT2D eigenvalue weighted by atomic mass is 32.1. The number of methoxy groups -OCH3 is 1. The highest BCUT2D eigenvalue weighted by Crippen LogP contribution is 2.13. The zero-order valence-electron chi connectivity index (χ0n) is 10.1. The van der Waals surface area contributed by atoms with Crippen LogP contribution in [0.2, 0.25) is 0 Å². The second-order valence-corrected chi connectivity index (χ2v) is 4.80. The Morgan fingerprint density at radius 2 is 2.00 bits per heavy atom. The molecule has 0 fully saturated rings. The molecule has 2 aromatic rings. The highest BCUT2D eigenvalue weighted by molar-refractivity contribution is 7.10. The number of carbonyl (C=O) groups is 1. The third kappa shape index (κ3) is 3.60. The number of hydrogen-bond acceptors (Lipinski definition) is 4. The van der Waals surface area contributed by atoms with E-state index in [2.05, 4.69) is 0 Å². The Morgan fingerprint density at radius 1 is 1.22 bits per heavy atom. The monoisotopic (exact) mass is 262 g/mol. The van der Waals surface area contributed by atoms with E-state index in [1.807, 2.05) is 41.8 Å². The number of rotatable bonds is 5. The molecule has 0 spiro atoms. The second-order valence-electron chi connectivity index (χ2n) is 3.76. The molecule has 94 valence electrons. The van der Waals surface area contributed by atoms with E-state index in [1.54, 1.807) is 18.4 Å². The maximum absolute atomic E-state index is 11.6. The normalized spacial score (nSPS) is 10.1. The van der Waals surface area contributed by atoms with Crippen LogP contribution in [0.25, 0.3) is 0 Å². The summed E-state index contributed by atoms with van der Waals surface area (Å²) in [5.74, 6) is 0.594. The standard InChI is InChI=1S/C14H14O3S/c1-16-12-6-4-11(5-7-12)10-17-14(15)9-13-3-2-8-18-13/h2-8H,9-10H2,1H3. The van der Waals surface area contributed by atoms with E-state index >= 15 is 0 Å². The molecule has 0 aliphatic rings. The lowest BCUT2D eigenvalue weighted by Crippen LogP contribution is -2.06. The summed E-state index contributed by atoms with van der Waals surface area (Å²) < 4.78 is 10.3. The summed E-state index contributed by atoms with van der Waals surface area (Å²) in [7, 11) is 1.62. The molecule has 1 aromatic carbocycles. The van der Waals surface area contributed by atoms with E-state index in [4.69, 9.17) is 9.47 Å². The summed E-state index contributed by atoms with van der Waals surface area (Å²) in [5, 5.41) is 1.95. The zero-order chi connectivity index (χ0) is 12.8. The van der Waals surface area contributed by atoms with Crippen molar-refractivity contribution in [3.05, 3.63) is 52.2 Å². The van der Waals surface area contributed by atoms with Crippen molar-refractivity contribution in [2.24, 2.45) is 0 Å². The van der Waals surface area contributed by atoms with Gasteiger partial charge in [0.1, 0.15) is 12.4 Å². The van der Waals surface area contributed by atoms with Crippen LogP contribution in [0.4, 0.5) is 0 Å². The lowest BCUT2D eigenvalue weighted by atomic mass is 10.2. The molecule has 0 aliphatic heterocycles. The van der Waals surface area contributed by atoms with Crippen LogP contribution in [0.5, 0.6) is 5.75 Å². The molecule has 0 amide bonds. The average molecular weight is 262 g/mol. The molecular weight excluding hydrogens is 248 g/mol. The van der Waals surface area contributed by atoms with Crippen LogP contribution in [-0.4, -0.2) is 13.1 Å². The van der Waals surface area contributed by atoms with Crippen LogP contribution in [-0.2, 0) is 22.6 Å². The Hall–Kier alpha value is -1.81. The van der Waals surface area contributed by atoms with Gasteiger partial charge in [0, 0.05) is 4.88 Å². The zero-order valence-corrected chi connectivity index (χ0v) is 10.9. The average Bonchev–Trinajstić information content (AvgIpc) is 2.90. The third-order valence-electron chi connectivity index (χ3n) is 2.46. The summed E-state index contributed by atoms with van der Waals surface area (Å²) in [4.78, 5) is 12.6. The van der Waals surface area contributed by atoms with Crippen molar-refractivity contribution in [2.75, 3.05) is 7.11 Å². The van der Waals surface area contributed by atoms with Crippen molar-refractivity contribution in [1.29, 1.82) is 0 Å². The first-order valence-corrected chi connectivity index (χ1v) is 6.47. The van der Waals surface area contributed by atoms with Crippen LogP contribution in [0.15, 0.2) is 41.8 Å². The molecule has 1 aromatic heterocycles. The van der Waals surface area contributed by atoms with Gasteiger partial charge in [-0.2, -0.15) is 0 Å². The van der Waals surface area contributed by atoms with Gasteiger partial charge in [0.25, 0.3) is 0 Å². The van der Waals surface area contributed by atoms with E-state index in [0.717, 1.165) is 16.2 Å². The van der Waals surface area contributed by atoms with E-state index in [0.29, 0.717) is 13.0 Å². The van der Waals surface area contributed by atoms with Gasteiger partial charge in [-0.15, -0.1) is 11.3 Å². The SMILES string of the molecule is COc1ccc(COC(=O)Cc2cccs2)cc1. The van der Waals surface area contributed by atoms with E-state index in [9.17, 15) is 4.79 Å². The summed E-state index contributed by atoms with van der Waals surface area (Å²) in [6.45, 7) is 0.300. The first-order valence-electron chi connectivity index (χ1n) is 5.59. The minimum atomic E-state index is -0.201. The summed E-state index contributed by atoms with van der Waals surface area (Å²) in [6.07, 6.45) is 0.341. The molecule has 0 aliphatic carbocycles. The minimum Gasteiger partial charge on any atom is -0.497 e. The van der Waals surface area contributed by atoms with Crippen molar-refractivity contribution in [3.63, 3.8) is 0 Å². The first-order chi connectivity index (χ1) is 8.78. The van der Waals surface area contributed by atoms with Gasteiger partial charge in [-0.25, -0.2) is 0 Å². The molecular formula is C14H14O3S. The summed E-state index contributed by atoms with van der Waals surface area (Å²) in [6, 6.07) is 11.3. The van der Waals surface area contributed by atoms with Crippen LogP contribution in [0.3, 0.4) is 0 Å². The Balaban J connectivity index is 1.81.